The van der Waals surface area contributed by atoms with Crippen LogP contribution in [0.2, 0.25) is 5.02 Å². The van der Waals surface area contributed by atoms with E-state index in [9.17, 15) is 0 Å². The van der Waals surface area contributed by atoms with Gasteiger partial charge in [-0.1, -0.05) is 51.4 Å². The van der Waals surface area contributed by atoms with Crippen molar-refractivity contribution in [3.8, 4) is 5.75 Å². The van der Waals surface area contributed by atoms with Crippen molar-refractivity contribution in [3.05, 3.63) is 63.7 Å². The van der Waals surface area contributed by atoms with Crippen molar-refractivity contribution in [2.24, 2.45) is 0 Å². The number of rotatable bonds is 3. The molecule has 0 fully saturated rings. The van der Waals surface area contributed by atoms with Gasteiger partial charge in [-0.25, -0.2) is 0 Å². The number of hydrogen-bond acceptors (Lipinski definition) is 1. The molecule has 0 saturated heterocycles. The molecule has 0 saturated carbocycles. The van der Waals surface area contributed by atoms with Crippen LogP contribution in [0.15, 0.2) is 36.4 Å². The van der Waals surface area contributed by atoms with Gasteiger partial charge in [0.2, 0.25) is 0 Å². The first kappa shape index (κ1) is 19.6. The minimum Gasteiger partial charge on any atom is -0.497 e. The van der Waals surface area contributed by atoms with Crippen molar-refractivity contribution in [1.82, 2.24) is 0 Å². The molecule has 0 atom stereocenters. The number of hydrogen-bond donors (Lipinski definition) is 0. The van der Waals surface area contributed by atoms with Crippen molar-refractivity contribution in [2.45, 2.75) is 53.4 Å². The predicted octanol–water partition coefficient (Wildman–Crippen LogP) is 6.90. The Morgan fingerprint density at radius 1 is 0.783 bits per heavy atom. The normalized spacial score (nSPS) is 10.5. The van der Waals surface area contributed by atoms with Crippen molar-refractivity contribution in [1.29, 1.82) is 0 Å². The van der Waals surface area contributed by atoms with Gasteiger partial charge in [-0.2, -0.15) is 0 Å². The van der Waals surface area contributed by atoms with Gasteiger partial charge in [0.25, 0.3) is 0 Å². The number of benzene rings is 2. The molecule has 1 nitrogen and oxygen atoms in total. The standard InChI is InChI=1S/C11H16O.C10H13Cl/c1-8(2)11-6-5-10(12-4)7-9(11)3;1-7(2)10-5-4-9(11)6-8(10)3/h5-8H,1-4H3;4-7H,1-3H3. The molecule has 126 valence electrons. The average molecular weight is 333 g/mol. The third-order valence-corrected chi connectivity index (χ3v) is 4.19. The van der Waals surface area contributed by atoms with E-state index in [1.165, 1.54) is 22.3 Å². The molecule has 23 heavy (non-hydrogen) atoms. The summed E-state index contributed by atoms with van der Waals surface area (Å²) < 4.78 is 5.13. The minimum atomic E-state index is 0.590. The molecule has 0 aliphatic rings. The highest BCUT2D eigenvalue weighted by atomic mass is 35.5. The van der Waals surface area contributed by atoms with Crippen LogP contribution < -0.4 is 4.74 Å². The summed E-state index contributed by atoms with van der Waals surface area (Å²) in [6.07, 6.45) is 0. The fraction of sp³-hybridized carbons (Fsp3) is 0.429. The van der Waals surface area contributed by atoms with Gasteiger partial charge >= 0.3 is 0 Å². The van der Waals surface area contributed by atoms with E-state index >= 15 is 0 Å². The predicted molar refractivity (Wildman–Crippen MR) is 102 cm³/mol. The van der Waals surface area contributed by atoms with E-state index in [2.05, 4.69) is 59.7 Å². The Morgan fingerprint density at radius 3 is 1.65 bits per heavy atom. The Morgan fingerprint density at radius 2 is 1.26 bits per heavy atom. The lowest BCUT2D eigenvalue weighted by Gasteiger charge is -2.10. The molecule has 0 N–H and O–H groups in total. The minimum absolute atomic E-state index is 0.590. The van der Waals surface area contributed by atoms with Crippen LogP contribution in [0.3, 0.4) is 0 Å². The van der Waals surface area contributed by atoms with E-state index in [0.29, 0.717) is 11.8 Å². The number of aryl methyl sites for hydroxylation is 2. The summed E-state index contributed by atoms with van der Waals surface area (Å²) in [6, 6.07) is 12.3. The Hall–Kier alpha value is -1.47. The fourth-order valence-electron chi connectivity index (χ4n) is 2.71. The van der Waals surface area contributed by atoms with Gasteiger partial charge in [0.05, 0.1) is 7.11 Å². The zero-order valence-corrected chi connectivity index (χ0v) is 16.2. The highest BCUT2D eigenvalue weighted by Crippen LogP contribution is 2.23. The first-order valence-electron chi connectivity index (χ1n) is 8.16. The van der Waals surface area contributed by atoms with Gasteiger partial charge in [0.15, 0.2) is 0 Å². The highest BCUT2D eigenvalue weighted by Gasteiger charge is 2.03. The molecular formula is C21H29ClO. The summed E-state index contributed by atoms with van der Waals surface area (Å²) in [7, 11) is 1.70. The number of ether oxygens (including phenoxy) is 1. The lowest BCUT2D eigenvalue weighted by molar-refractivity contribution is 0.414. The second kappa shape index (κ2) is 8.98. The van der Waals surface area contributed by atoms with Gasteiger partial charge in [0.1, 0.15) is 5.75 Å². The van der Waals surface area contributed by atoms with Crippen LogP contribution in [-0.2, 0) is 0 Å². The molecule has 0 unspecified atom stereocenters. The van der Waals surface area contributed by atoms with Gasteiger partial charge < -0.3 is 4.74 Å². The largest absolute Gasteiger partial charge is 0.497 e. The van der Waals surface area contributed by atoms with Crippen LogP contribution >= 0.6 is 11.6 Å². The average Bonchev–Trinajstić information content (AvgIpc) is 2.46. The monoisotopic (exact) mass is 332 g/mol. The zero-order valence-electron chi connectivity index (χ0n) is 15.4. The molecular weight excluding hydrogens is 304 g/mol. The second-order valence-corrected chi connectivity index (χ2v) is 6.97. The molecule has 0 amide bonds. The summed E-state index contributed by atoms with van der Waals surface area (Å²) in [5.41, 5.74) is 5.38. The van der Waals surface area contributed by atoms with Crippen LogP contribution in [-0.4, -0.2) is 7.11 Å². The molecule has 0 aliphatic carbocycles. The molecule has 0 aromatic heterocycles. The van der Waals surface area contributed by atoms with Crippen LogP contribution in [0, 0.1) is 13.8 Å². The van der Waals surface area contributed by atoms with Crippen LogP contribution in [0.1, 0.15) is 61.8 Å². The Kier molecular flexibility index (Phi) is 7.64. The fourth-order valence-corrected chi connectivity index (χ4v) is 2.94. The van der Waals surface area contributed by atoms with Gasteiger partial charge in [0, 0.05) is 5.02 Å². The smallest absolute Gasteiger partial charge is 0.119 e. The third kappa shape index (κ3) is 5.91. The van der Waals surface area contributed by atoms with E-state index in [4.69, 9.17) is 16.3 Å². The maximum Gasteiger partial charge on any atom is 0.119 e. The van der Waals surface area contributed by atoms with Gasteiger partial charge in [-0.15, -0.1) is 0 Å². The number of halogens is 1. The van der Waals surface area contributed by atoms with Crippen molar-refractivity contribution < 1.29 is 4.74 Å². The lowest BCUT2D eigenvalue weighted by Crippen LogP contribution is -1.92. The van der Waals surface area contributed by atoms with Gasteiger partial charge in [-0.05, 0) is 72.2 Å². The van der Waals surface area contributed by atoms with Crippen LogP contribution in [0.4, 0.5) is 0 Å². The molecule has 2 rings (SSSR count). The molecule has 0 radical (unpaired) electrons. The van der Waals surface area contributed by atoms with Crippen molar-refractivity contribution >= 4 is 11.6 Å². The van der Waals surface area contributed by atoms with Crippen LogP contribution in [0.5, 0.6) is 5.75 Å². The maximum absolute atomic E-state index is 5.82. The molecule has 2 aromatic rings. The van der Waals surface area contributed by atoms with E-state index in [1.54, 1.807) is 7.11 Å². The Balaban J connectivity index is 0.000000231. The van der Waals surface area contributed by atoms with Crippen molar-refractivity contribution in [2.75, 3.05) is 7.11 Å². The molecule has 2 aromatic carbocycles. The molecule has 0 aliphatic heterocycles. The van der Waals surface area contributed by atoms with Crippen LogP contribution in [0.25, 0.3) is 0 Å². The molecule has 0 bridgehead atoms. The molecule has 0 spiro atoms. The second-order valence-electron chi connectivity index (χ2n) is 6.53. The molecule has 2 heteroatoms. The summed E-state index contributed by atoms with van der Waals surface area (Å²) >= 11 is 5.82. The zero-order chi connectivity index (χ0) is 17.6. The van der Waals surface area contributed by atoms with E-state index in [-0.39, 0.29) is 0 Å². The first-order chi connectivity index (χ1) is 10.8. The SMILES string of the molecule is COc1ccc(C(C)C)c(C)c1.Cc1cc(Cl)ccc1C(C)C. The maximum atomic E-state index is 5.82. The summed E-state index contributed by atoms with van der Waals surface area (Å²) in [6.45, 7) is 13.0. The summed E-state index contributed by atoms with van der Waals surface area (Å²) in [5.74, 6) is 2.13. The first-order valence-corrected chi connectivity index (χ1v) is 8.54. The van der Waals surface area contributed by atoms with E-state index < -0.39 is 0 Å². The summed E-state index contributed by atoms with van der Waals surface area (Å²) in [5, 5.41) is 0.826. The van der Waals surface area contributed by atoms with Crippen molar-refractivity contribution in [3.63, 3.8) is 0 Å². The Labute approximate surface area is 146 Å². The highest BCUT2D eigenvalue weighted by molar-refractivity contribution is 6.30. The third-order valence-electron chi connectivity index (χ3n) is 3.95. The quantitative estimate of drug-likeness (QED) is 0.594. The van der Waals surface area contributed by atoms with E-state index in [1.807, 2.05) is 18.2 Å². The van der Waals surface area contributed by atoms with Gasteiger partial charge in [-0.3, -0.25) is 0 Å². The van der Waals surface area contributed by atoms with E-state index in [0.717, 1.165) is 10.8 Å². The molecule has 0 heterocycles. The number of methoxy groups -OCH3 is 1. The lowest BCUT2D eigenvalue weighted by atomic mass is 9.98. The Bertz CT molecular complexity index is 630. The topological polar surface area (TPSA) is 9.23 Å². The summed E-state index contributed by atoms with van der Waals surface area (Å²) in [4.78, 5) is 0.